The minimum Gasteiger partial charge on any atom is -0.871 e. The first-order valence-corrected chi connectivity index (χ1v) is 21.5. The molecule has 0 saturated carbocycles. The van der Waals surface area contributed by atoms with Crippen LogP contribution in [0, 0.1) is 0 Å². The van der Waals surface area contributed by atoms with Gasteiger partial charge in [0.15, 0.2) is 0 Å². The van der Waals surface area contributed by atoms with Gasteiger partial charge < -0.3 is 39.2 Å². The summed E-state index contributed by atoms with van der Waals surface area (Å²) in [5, 5.41) is 76.8. The standard InChI is InChI=1S/C34H25N5O17S4.2Cu.4Na/c1-15(40)35-25-14-21(58(48,49)50)9-19-13-29(60(54,55)56)32(34(44)30(19)25)39-37-24-7-3-17(11-27(24)42)16-2-6-23(26(41)10-16)36-38-31-28(59(51,52)53)12-18-8-20(57(45,46)47)4-5-22(18)33(31)43;;;;;;/h2-14,41-44H,1H3,(H,35,40)(H,45,46,47)(H,48,49,50)(H,51,52,53)(H,54,55,56);;;;;;/q;2*+2;4*+1/p-8. The van der Waals surface area contributed by atoms with Crippen LogP contribution in [0.1, 0.15) is 6.92 Å². The molecule has 6 rings (SSSR count). The van der Waals surface area contributed by atoms with Gasteiger partial charge in [-0.3, -0.25) is 9.55 Å². The third-order valence-electron chi connectivity index (χ3n) is 8.26. The van der Waals surface area contributed by atoms with Gasteiger partial charge in [-0.25, -0.2) is 25.3 Å². The molecule has 0 aromatic heterocycles. The van der Waals surface area contributed by atoms with Crippen LogP contribution >= 0.6 is 0 Å². The van der Waals surface area contributed by atoms with Gasteiger partial charge in [-0.15, -0.1) is 10.2 Å². The van der Waals surface area contributed by atoms with Crippen LogP contribution in [-0.2, 0) is 74.6 Å². The van der Waals surface area contributed by atoms with Crippen LogP contribution in [0.15, 0.2) is 124 Å². The summed E-state index contributed by atoms with van der Waals surface area (Å²) < 4.78 is 140. The van der Waals surface area contributed by atoms with Gasteiger partial charge in [0.1, 0.15) is 35.2 Å². The maximum Gasteiger partial charge on any atom is 2.00 e. The van der Waals surface area contributed by atoms with Gasteiger partial charge in [-0.1, -0.05) is 53.3 Å². The predicted molar refractivity (Wildman–Crippen MR) is 192 cm³/mol. The molecule has 0 aliphatic carbocycles. The molecule has 0 bridgehead atoms. The van der Waals surface area contributed by atoms with Crippen molar-refractivity contribution >= 4 is 96.4 Å². The fraction of sp³-hybridized carbons (Fsp3) is 0.0294. The van der Waals surface area contributed by atoms with Crippen LogP contribution in [0.2, 0.25) is 0 Å². The quantitative estimate of drug-likeness (QED) is 0.0437. The smallest absolute Gasteiger partial charge is 0.871 e. The zero-order valence-electron chi connectivity index (χ0n) is 34.0. The molecule has 0 fully saturated rings. The van der Waals surface area contributed by atoms with Gasteiger partial charge in [0.05, 0.1) is 43.1 Å². The van der Waals surface area contributed by atoms with Gasteiger partial charge in [0, 0.05) is 5.39 Å². The Hall–Kier alpha value is -1.61. The van der Waals surface area contributed by atoms with Crippen molar-refractivity contribution < 1.29 is 230 Å². The van der Waals surface area contributed by atoms with Crippen molar-refractivity contribution in [2.24, 2.45) is 25.4 Å². The SMILES string of the molecule is CC([O-])=Nc1cc(S(=O)(=O)[O-])cc2cc(S(=O)(=O)O)c(N=Nc3ccc(-c4ccc(N=Nc5c(S(=O)(=O)[O-])cc6cc(S(=O)(=O)[O-])ccc6c5[O-])c([O-])c4)cc3[O-])c([O-])c12.[Cu+2].[Cu+2].[Na+].[Na+].[Na+].[Na+]. The van der Waals surface area contributed by atoms with Gasteiger partial charge >= 0.3 is 152 Å². The molecule has 0 spiro atoms. The Morgan fingerprint density at radius 3 is 1.39 bits per heavy atom. The number of nitrogens with zero attached hydrogens (tertiary/aromatic N) is 5. The summed E-state index contributed by atoms with van der Waals surface area (Å²) >= 11 is 0. The molecule has 2 radical (unpaired) electrons. The summed E-state index contributed by atoms with van der Waals surface area (Å²) in [6, 6.07) is 11.2. The number of azo groups is 2. The number of rotatable bonds is 10. The van der Waals surface area contributed by atoms with E-state index >= 15 is 0 Å². The molecule has 66 heavy (non-hydrogen) atoms. The topological polar surface area (TPSA) is 403 Å². The summed E-state index contributed by atoms with van der Waals surface area (Å²) in [4.78, 5) is -0.729. The maximum atomic E-state index is 13.5. The van der Waals surface area contributed by atoms with Crippen LogP contribution in [0.25, 0.3) is 32.7 Å². The molecular formula is C34H17Cu2N5Na4O17S4. The predicted octanol–water partition coefficient (Wildman–Crippen LogP) is -9.83. The van der Waals surface area contributed by atoms with Crippen LogP contribution in [0.4, 0.5) is 28.4 Å². The van der Waals surface area contributed by atoms with E-state index < -0.39 is 128 Å². The zero-order valence-corrected chi connectivity index (χ0v) is 47.1. The Morgan fingerprint density at radius 2 is 0.970 bits per heavy atom. The molecule has 0 unspecified atom stereocenters. The Bertz CT molecular complexity index is 3420. The van der Waals surface area contributed by atoms with Gasteiger partial charge in [0.2, 0.25) is 0 Å². The van der Waals surface area contributed by atoms with Crippen molar-refractivity contribution in [2.75, 3.05) is 0 Å². The molecule has 0 aliphatic rings. The number of benzene rings is 6. The first-order chi connectivity index (χ1) is 27.7. The second kappa shape index (κ2) is 24.5. The van der Waals surface area contributed by atoms with Crippen LogP contribution in [0.5, 0.6) is 23.0 Å². The molecule has 0 heterocycles. The number of hydrogen-bond acceptors (Lipinski definition) is 21. The van der Waals surface area contributed by atoms with E-state index in [1.54, 1.807) is 0 Å². The van der Waals surface area contributed by atoms with Crippen molar-refractivity contribution in [2.45, 2.75) is 26.5 Å². The summed E-state index contributed by atoms with van der Waals surface area (Å²) in [5.74, 6) is -5.33. The number of aliphatic imine (C=N–C) groups is 1. The average Bonchev–Trinajstić information content (AvgIpc) is 3.12. The van der Waals surface area contributed by atoms with E-state index in [1.807, 2.05) is 0 Å². The third kappa shape index (κ3) is 14.5. The first kappa shape index (κ1) is 64.4. The normalized spacial score (nSPS) is 12.0. The van der Waals surface area contributed by atoms with Gasteiger partial charge in [-0.05, 0) is 88.6 Å². The van der Waals surface area contributed by atoms with E-state index in [1.165, 1.54) is 12.1 Å². The van der Waals surface area contributed by atoms with E-state index in [9.17, 15) is 77.4 Å². The maximum absolute atomic E-state index is 13.5. The second-order valence-corrected chi connectivity index (χ2v) is 17.8. The monoisotopic (exact) mass is 1110 g/mol. The number of hydrogen-bond donors (Lipinski definition) is 1. The minimum absolute atomic E-state index is 0. The average molecular weight is 1110 g/mol. The number of fused-ring (bicyclic) bond motifs is 2. The minimum atomic E-state index is -5.46. The van der Waals surface area contributed by atoms with E-state index in [-0.39, 0.29) is 174 Å². The fourth-order valence-electron chi connectivity index (χ4n) is 5.63. The molecule has 6 aromatic rings. The molecular weight excluding hydrogens is 1100 g/mol. The summed E-state index contributed by atoms with van der Waals surface area (Å²) in [6.45, 7) is 0.925. The van der Waals surface area contributed by atoms with E-state index in [4.69, 9.17) is 0 Å². The van der Waals surface area contributed by atoms with Crippen molar-refractivity contribution in [3.05, 3.63) is 78.9 Å². The van der Waals surface area contributed by atoms with Crippen molar-refractivity contribution in [3.8, 4) is 34.1 Å². The van der Waals surface area contributed by atoms with E-state index in [0.29, 0.717) is 30.3 Å². The summed E-state index contributed by atoms with van der Waals surface area (Å²) in [5.41, 5.74) is -3.63. The Labute approximate surface area is 484 Å². The largest absolute Gasteiger partial charge is 2.00 e. The van der Waals surface area contributed by atoms with Crippen molar-refractivity contribution in [1.82, 2.24) is 0 Å². The van der Waals surface area contributed by atoms with Crippen molar-refractivity contribution in [1.29, 1.82) is 0 Å². The van der Waals surface area contributed by atoms with Crippen LogP contribution in [-0.4, -0.2) is 57.8 Å². The fourth-order valence-corrected chi connectivity index (χ4v) is 7.96. The summed E-state index contributed by atoms with van der Waals surface area (Å²) in [6.07, 6.45) is 0. The third-order valence-corrected chi connectivity index (χ3v) is 11.6. The van der Waals surface area contributed by atoms with Gasteiger partial charge in [0.25, 0.3) is 10.1 Å². The molecule has 0 saturated heterocycles. The van der Waals surface area contributed by atoms with E-state index in [2.05, 4.69) is 25.4 Å². The molecule has 0 aliphatic heterocycles. The van der Waals surface area contributed by atoms with Crippen molar-refractivity contribution in [3.63, 3.8) is 0 Å². The molecule has 6 aromatic carbocycles. The first-order valence-electron chi connectivity index (χ1n) is 15.9. The molecule has 32 heteroatoms. The van der Waals surface area contributed by atoms with Gasteiger partial charge in [-0.2, -0.15) is 18.6 Å². The molecule has 0 atom stereocenters. The van der Waals surface area contributed by atoms with Crippen LogP contribution < -0.4 is 144 Å². The molecule has 330 valence electrons. The van der Waals surface area contributed by atoms with E-state index in [0.717, 1.165) is 43.3 Å². The zero-order chi connectivity index (χ0) is 44.3. The second-order valence-electron chi connectivity index (χ2n) is 12.3. The van der Waals surface area contributed by atoms with Crippen LogP contribution in [0.3, 0.4) is 0 Å². The Kier molecular flexibility index (Phi) is 23.9. The molecule has 0 amide bonds. The summed E-state index contributed by atoms with van der Waals surface area (Å²) in [7, 11) is -21.1. The Morgan fingerprint density at radius 1 is 0.515 bits per heavy atom. The molecule has 22 nitrogen and oxygen atoms in total. The molecule has 1 N–H and O–H groups in total. The Balaban J connectivity index is 0.00000704.